The maximum Gasteiger partial charge on any atom is 0.416 e. The summed E-state index contributed by atoms with van der Waals surface area (Å²) in [7, 11) is 0. The van der Waals surface area contributed by atoms with Crippen molar-refractivity contribution in [1.29, 1.82) is 0 Å². The Hall–Kier alpha value is -2.96. The number of halogens is 3. The first kappa shape index (κ1) is 15.6. The van der Waals surface area contributed by atoms with Gasteiger partial charge in [0.25, 0.3) is 0 Å². The van der Waals surface area contributed by atoms with Crippen molar-refractivity contribution < 1.29 is 13.2 Å². The highest BCUT2D eigenvalue weighted by Crippen LogP contribution is 2.34. The lowest BCUT2D eigenvalue weighted by molar-refractivity contribution is -0.137. The van der Waals surface area contributed by atoms with Gasteiger partial charge in [-0.3, -0.25) is 9.56 Å². The first-order chi connectivity index (χ1) is 11.9. The molecular formula is C18H13F3N4. The number of aryl methyl sites for hydroxylation is 1. The number of nitrogens with zero attached hydrogens (tertiary/aromatic N) is 4. The van der Waals surface area contributed by atoms with Gasteiger partial charge in [0, 0.05) is 11.1 Å². The van der Waals surface area contributed by atoms with E-state index >= 15 is 0 Å². The second-order valence-corrected chi connectivity index (χ2v) is 5.76. The van der Waals surface area contributed by atoms with Crippen LogP contribution in [-0.2, 0) is 12.7 Å². The van der Waals surface area contributed by atoms with E-state index in [4.69, 9.17) is 0 Å². The summed E-state index contributed by atoms with van der Waals surface area (Å²) < 4.78 is 41.3. The van der Waals surface area contributed by atoms with Crippen LogP contribution in [-0.4, -0.2) is 20.5 Å². The molecule has 0 spiro atoms. The number of rotatable bonds is 1. The van der Waals surface area contributed by atoms with Gasteiger partial charge in [0.2, 0.25) is 0 Å². The van der Waals surface area contributed by atoms with E-state index < -0.39 is 11.7 Å². The van der Waals surface area contributed by atoms with Gasteiger partial charge in [0.1, 0.15) is 12.4 Å². The highest BCUT2D eigenvalue weighted by Gasteiger charge is 2.32. The van der Waals surface area contributed by atoms with E-state index in [1.807, 2.05) is 30.3 Å². The van der Waals surface area contributed by atoms with Gasteiger partial charge < -0.3 is 0 Å². The Bertz CT molecular complexity index is 972. The van der Waals surface area contributed by atoms with Crippen molar-refractivity contribution in [2.45, 2.75) is 19.6 Å². The second kappa shape index (κ2) is 5.54. The number of hydrogen-bond acceptors (Lipinski definition) is 3. The van der Waals surface area contributed by atoms with Crippen LogP contribution in [0.1, 0.15) is 28.3 Å². The molecule has 7 heteroatoms. The Morgan fingerprint density at radius 3 is 2.48 bits per heavy atom. The Kier molecular flexibility index (Phi) is 3.45. The first-order valence-electron chi connectivity index (χ1n) is 7.68. The minimum Gasteiger partial charge on any atom is -0.281 e. The zero-order chi connectivity index (χ0) is 17.6. The van der Waals surface area contributed by atoms with Crippen LogP contribution in [0, 0.1) is 6.92 Å². The van der Waals surface area contributed by atoms with Crippen molar-refractivity contribution in [2.75, 3.05) is 0 Å². The number of aliphatic imine (C=N–C) groups is 1. The molecule has 4 nitrogen and oxygen atoms in total. The third kappa shape index (κ3) is 2.61. The van der Waals surface area contributed by atoms with Crippen molar-refractivity contribution in [3.05, 3.63) is 76.9 Å². The lowest BCUT2D eigenvalue weighted by atomic mass is 9.98. The first-order valence-corrected chi connectivity index (χ1v) is 7.68. The SMILES string of the molecule is Cc1nnc2n1-c1cc(C(F)(F)F)ccc1C(c1ccccc1)=NC2. The largest absolute Gasteiger partial charge is 0.416 e. The van der Waals surface area contributed by atoms with Crippen LogP contribution >= 0.6 is 0 Å². The molecule has 0 bridgehead atoms. The van der Waals surface area contributed by atoms with Gasteiger partial charge in [-0.1, -0.05) is 36.4 Å². The summed E-state index contributed by atoms with van der Waals surface area (Å²) in [5.74, 6) is 1.05. The molecule has 0 amide bonds. The van der Waals surface area contributed by atoms with E-state index in [9.17, 15) is 13.2 Å². The molecule has 3 aromatic rings. The molecule has 0 aliphatic carbocycles. The Morgan fingerprint density at radius 1 is 1.00 bits per heavy atom. The standard InChI is InChI=1S/C18H13F3N4/c1-11-23-24-16-10-22-17(12-5-3-2-4-6-12)14-8-7-13(18(19,20)21)9-15(14)25(11)16/h2-9H,10H2,1H3. The summed E-state index contributed by atoms with van der Waals surface area (Å²) in [6.07, 6.45) is -4.42. The predicted molar refractivity (Wildman–Crippen MR) is 86.9 cm³/mol. The van der Waals surface area contributed by atoms with E-state index in [2.05, 4.69) is 15.2 Å². The van der Waals surface area contributed by atoms with E-state index in [0.29, 0.717) is 28.6 Å². The number of fused-ring (bicyclic) bond motifs is 3. The summed E-state index contributed by atoms with van der Waals surface area (Å²) in [5, 5.41) is 8.05. The van der Waals surface area contributed by atoms with Gasteiger partial charge in [-0.05, 0) is 19.1 Å². The third-order valence-electron chi connectivity index (χ3n) is 4.14. The van der Waals surface area contributed by atoms with Crippen molar-refractivity contribution in [2.24, 2.45) is 4.99 Å². The summed E-state index contributed by atoms with van der Waals surface area (Å²) in [5.41, 5.74) is 1.81. The van der Waals surface area contributed by atoms with Crippen LogP contribution in [0.4, 0.5) is 13.2 Å². The highest BCUT2D eigenvalue weighted by molar-refractivity contribution is 6.15. The second-order valence-electron chi connectivity index (χ2n) is 5.76. The van der Waals surface area contributed by atoms with E-state index in [1.165, 1.54) is 6.07 Å². The fraction of sp³-hybridized carbons (Fsp3) is 0.167. The predicted octanol–water partition coefficient (Wildman–Crippen LogP) is 3.95. The van der Waals surface area contributed by atoms with Gasteiger partial charge in [0.05, 0.1) is 17.0 Å². The van der Waals surface area contributed by atoms with Crippen molar-refractivity contribution in [1.82, 2.24) is 14.8 Å². The molecule has 2 aromatic carbocycles. The van der Waals surface area contributed by atoms with E-state index in [1.54, 1.807) is 11.5 Å². The van der Waals surface area contributed by atoms with Crippen LogP contribution in [0.15, 0.2) is 53.5 Å². The number of alkyl halides is 3. The van der Waals surface area contributed by atoms with Crippen molar-refractivity contribution in [3.8, 4) is 5.69 Å². The topological polar surface area (TPSA) is 43.1 Å². The molecular weight excluding hydrogens is 329 g/mol. The maximum atomic E-state index is 13.2. The minimum absolute atomic E-state index is 0.251. The molecule has 0 unspecified atom stereocenters. The molecule has 4 rings (SSSR count). The molecule has 1 aliphatic heterocycles. The van der Waals surface area contributed by atoms with Crippen LogP contribution < -0.4 is 0 Å². The molecule has 0 saturated carbocycles. The molecule has 0 radical (unpaired) electrons. The lowest BCUT2D eigenvalue weighted by Gasteiger charge is -2.15. The Labute approximate surface area is 141 Å². The Morgan fingerprint density at radius 2 is 1.76 bits per heavy atom. The molecule has 1 aromatic heterocycles. The normalized spacial score (nSPS) is 13.7. The molecule has 2 heterocycles. The molecule has 25 heavy (non-hydrogen) atoms. The molecule has 1 aliphatic rings. The maximum absolute atomic E-state index is 13.2. The molecule has 0 atom stereocenters. The highest BCUT2D eigenvalue weighted by atomic mass is 19.4. The summed E-state index contributed by atoms with van der Waals surface area (Å²) >= 11 is 0. The molecule has 0 fully saturated rings. The van der Waals surface area contributed by atoms with Gasteiger partial charge in [-0.15, -0.1) is 10.2 Å². The van der Waals surface area contributed by atoms with Crippen molar-refractivity contribution >= 4 is 5.71 Å². The van der Waals surface area contributed by atoms with Crippen LogP contribution in [0.3, 0.4) is 0 Å². The third-order valence-corrected chi connectivity index (χ3v) is 4.14. The lowest BCUT2D eigenvalue weighted by Crippen LogP contribution is -2.12. The van der Waals surface area contributed by atoms with E-state index in [0.717, 1.165) is 17.7 Å². The zero-order valence-corrected chi connectivity index (χ0v) is 13.2. The van der Waals surface area contributed by atoms with Crippen molar-refractivity contribution in [3.63, 3.8) is 0 Å². The minimum atomic E-state index is -4.42. The Balaban J connectivity index is 2.00. The number of hydrogen-bond donors (Lipinski definition) is 0. The van der Waals surface area contributed by atoms with Crippen LogP contribution in [0.5, 0.6) is 0 Å². The van der Waals surface area contributed by atoms with Gasteiger partial charge in [-0.2, -0.15) is 13.2 Å². The van der Waals surface area contributed by atoms with Gasteiger partial charge in [-0.25, -0.2) is 0 Å². The fourth-order valence-corrected chi connectivity index (χ4v) is 2.99. The monoisotopic (exact) mass is 342 g/mol. The molecule has 0 saturated heterocycles. The fourth-order valence-electron chi connectivity index (χ4n) is 2.99. The average Bonchev–Trinajstić information content (AvgIpc) is 2.87. The smallest absolute Gasteiger partial charge is 0.281 e. The summed E-state index contributed by atoms with van der Waals surface area (Å²) in [4.78, 5) is 4.59. The molecule has 0 N–H and O–H groups in total. The van der Waals surface area contributed by atoms with E-state index in [-0.39, 0.29) is 6.54 Å². The molecule has 126 valence electrons. The number of aromatic nitrogens is 3. The van der Waals surface area contributed by atoms with Gasteiger partial charge >= 0.3 is 6.18 Å². The zero-order valence-electron chi connectivity index (χ0n) is 13.2. The van der Waals surface area contributed by atoms with Crippen LogP contribution in [0.2, 0.25) is 0 Å². The summed E-state index contributed by atoms with van der Waals surface area (Å²) in [6.45, 7) is 1.97. The number of benzene rings is 2. The van der Waals surface area contributed by atoms with Crippen LogP contribution in [0.25, 0.3) is 5.69 Å². The quantitative estimate of drug-likeness (QED) is 0.672. The van der Waals surface area contributed by atoms with Gasteiger partial charge in [0.15, 0.2) is 5.82 Å². The average molecular weight is 342 g/mol. The summed E-state index contributed by atoms with van der Waals surface area (Å²) in [6, 6.07) is 13.1.